The highest BCUT2D eigenvalue weighted by Crippen LogP contribution is 2.57. The van der Waals surface area contributed by atoms with Crippen LogP contribution in [0.4, 0.5) is 0 Å². The van der Waals surface area contributed by atoms with Crippen LogP contribution < -0.4 is 5.46 Å². The minimum atomic E-state index is -3.24. The molecule has 2 aliphatic heterocycles. The van der Waals surface area contributed by atoms with Gasteiger partial charge in [-0.15, -0.1) is 0 Å². The van der Waals surface area contributed by atoms with Crippen LogP contribution in [0.2, 0.25) is 0 Å². The number of aromatic amines is 1. The summed E-state index contributed by atoms with van der Waals surface area (Å²) in [7, 11) is -4.24. The Bertz CT molecular complexity index is 993. The molecule has 7 nitrogen and oxygen atoms in total. The molecule has 0 aromatic carbocycles. The van der Waals surface area contributed by atoms with Crippen LogP contribution in [0.5, 0.6) is 0 Å². The SMILES string of the molecule is CCCS(=O)(=O)N1CCC12CCC1(C2)OB(O)c2cnc3[nH]ccc3c21. The smallest absolute Gasteiger partial charge is 0.423 e. The highest BCUT2D eigenvalue weighted by atomic mass is 32.2. The lowest BCUT2D eigenvalue weighted by molar-refractivity contribution is 0.0192. The molecule has 2 atom stereocenters. The summed E-state index contributed by atoms with van der Waals surface area (Å²) in [6.07, 6.45) is 7.04. The van der Waals surface area contributed by atoms with E-state index in [0.29, 0.717) is 31.3 Å². The van der Waals surface area contributed by atoms with Crippen molar-refractivity contribution >= 4 is 33.6 Å². The molecule has 0 radical (unpaired) electrons. The van der Waals surface area contributed by atoms with Crippen LogP contribution in [0.3, 0.4) is 0 Å². The van der Waals surface area contributed by atoms with Gasteiger partial charge in [-0.05, 0) is 43.7 Å². The molecule has 1 aliphatic carbocycles. The first-order chi connectivity index (χ1) is 12.4. The summed E-state index contributed by atoms with van der Waals surface area (Å²) in [4.78, 5) is 7.48. The Morgan fingerprint density at radius 2 is 2.27 bits per heavy atom. The summed E-state index contributed by atoms with van der Waals surface area (Å²) >= 11 is 0. The van der Waals surface area contributed by atoms with Crippen molar-refractivity contribution in [1.29, 1.82) is 0 Å². The topological polar surface area (TPSA) is 95.5 Å². The van der Waals surface area contributed by atoms with Crippen LogP contribution in [-0.2, 0) is 20.3 Å². The molecule has 2 N–H and O–H groups in total. The van der Waals surface area contributed by atoms with Gasteiger partial charge in [0.25, 0.3) is 0 Å². The summed E-state index contributed by atoms with van der Waals surface area (Å²) in [6.45, 7) is 2.48. The maximum absolute atomic E-state index is 12.7. The zero-order valence-electron chi connectivity index (χ0n) is 14.7. The van der Waals surface area contributed by atoms with Gasteiger partial charge in [-0.3, -0.25) is 0 Å². The summed E-state index contributed by atoms with van der Waals surface area (Å²) in [5.41, 5.74) is 1.44. The van der Waals surface area contributed by atoms with Crippen molar-refractivity contribution in [3.05, 3.63) is 24.0 Å². The molecule has 2 unspecified atom stereocenters. The third-order valence-corrected chi connectivity index (χ3v) is 8.56. The lowest BCUT2D eigenvalue weighted by Crippen LogP contribution is -2.61. The first-order valence-electron chi connectivity index (χ1n) is 9.24. The molecule has 9 heteroatoms. The van der Waals surface area contributed by atoms with Crippen molar-refractivity contribution in [2.24, 2.45) is 0 Å². The Hall–Kier alpha value is -1.42. The highest BCUT2D eigenvalue weighted by Gasteiger charge is 2.63. The fourth-order valence-corrected chi connectivity index (χ4v) is 7.20. The molecule has 4 heterocycles. The minimum Gasteiger partial charge on any atom is -0.423 e. The van der Waals surface area contributed by atoms with E-state index in [1.165, 1.54) is 0 Å². The monoisotopic (exact) mass is 375 g/mol. The summed E-state index contributed by atoms with van der Waals surface area (Å²) in [5, 5.41) is 11.4. The number of aromatic nitrogens is 2. The number of pyridine rings is 1. The molecule has 0 bridgehead atoms. The molecule has 2 aromatic heterocycles. The Balaban J connectivity index is 1.57. The standard InChI is InChI=1S/C17H22BN3O4S/c1-2-9-26(23,24)21-8-6-16(21)4-5-17(11-16)14-12-3-7-19-15(12)20-10-13(14)18(22)25-17/h3,7,10,22H,2,4-6,8-9,11H2,1H3,(H,19,20). The molecular formula is C17H22BN3O4S. The number of rotatable bonds is 3. The van der Waals surface area contributed by atoms with Crippen LogP contribution in [0, 0.1) is 0 Å². The van der Waals surface area contributed by atoms with E-state index in [9.17, 15) is 13.4 Å². The van der Waals surface area contributed by atoms with E-state index in [0.717, 1.165) is 29.4 Å². The van der Waals surface area contributed by atoms with Crippen LogP contribution in [0.15, 0.2) is 18.5 Å². The number of nitrogens with one attached hydrogen (secondary N) is 1. The maximum Gasteiger partial charge on any atom is 0.493 e. The fraction of sp³-hybridized carbons (Fsp3) is 0.588. The predicted molar refractivity (Wildman–Crippen MR) is 98.4 cm³/mol. The molecule has 26 heavy (non-hydrogen) atoms. The zero-order valence-corrected chi connectivity index (χ0v) is 15.6. The average molecular weight is 375 g/mol. The van der Waals surface area contributed by atoms with E-state index in [1.807, 2.05) is 19.2 Å². The number of fused-ring (bicyclic) bond motifs is 4. The van der Waals surface area contributed by atoms with Crippen molar-refractivity contribution in [2.45, 2.75) is 50.2 Å². The van der Waals surface area contributed by atoms with Crippen LogP contribution >= 0.6 is 0 Å². The lowest BCUT2D eigenvalue weighted by atomic mass is 9.77. The van der Waals surface area contributed by atoms with E-state index in [1.54, 1.807) is 10.5 Å². The van der Waals surface area contributed by atoms with E-state index in [4.69, 9.17) is 4.65 Å². The normalized spacial score (nSPS) is 31.2. The third kappa shape index (κ3) is 2.05. The van der Waals surface area contributed by atoms with Gasteiger partial charge in [0.1, 0.15) is 5.65 Å². The Morgan fingerprint density at radius 1 is 1.42 bits per heavy atom. The predicted octanol–water partition coefficient (Wildman–Crippen LogP) is 0.844. The maximum atomic E-state index is 12.7. The van der Waals surface area contributed by atoms with Crippen LogP contribution in [0.1, 0.15) is 44.6 Å². The number of hydrogen-bond donors (Lipinski definition) is 2. The van der Waals surface area contributed by atoms with Gasteiger partial charge in [-0.25, -0.2) is 13.4 Å². The Kier molecular flexibility index (Phi) is 3.42. The number of sulfonamides is 1. The second kappa shape index (κ2) is 5.31. The molecule has 3 aliphatic rings. The fourth-order valence-electron chi connectivity index (χ4n) is 5.26. The zero-order chi connectivity index (χ0) is 18.2. The molecule has 5 rings (SSSR count). The van der Waals surface area contributed by atoms with Gasteiger partial charge in [0.2, 0.25) is 10.0 Å². The number of hydrogen-bond acceptors (Lipinski definition) is 5. The van der Waals surface area contributed by atoms with Crippen molar-refractivity contribution < 1.29 is 18.1 Å². The van der Waals surface area contributed by atoms with Crippen molar-refractivity contribution in [1.82, 2.24) is 14.3 Å². The summed E-state index contributed by atoms with van der Waals surface area (Å²) < 4.78 is 33.1. The van der Waals surface area contributed by atoms with Crippen LogP contribution in [0.25, 0.3) is 11.0 Å². The second-order valence-corrected chi connectivity index (χ2v) is 9.85. The molecular weight excluding hydrogens is 353 g/mol. The molecule has 2 spiro atoms. The number of nitrogens with zero attached hydrogens (tertiary/aromatic N) is 2. The minimum absolute atomic E-state index is 0.188. The van der Waals surface area contributed by atoms with E-state index >= 15 is 0 Å². The highest BCUT2D eigenvalue weighted by molar-refractivity contribution is 7.89. The van der Waals surface area contributed by atoms with E-state index < -0.39 is 22.7 Å². The summed E-state index contributed by atoms with van der Waals surface area (Å²) in [6, 6.07) is 1.96. The molecule has 1 saturated carbocycles. The quantitative estimate of drug-likeness (QED) is 0.776. The van der Waals surface area contributed by atoms with Gasteiger partial charge in [0.15, 0.2) is 0 Å². The van der Waals surface area contributed by atoms with E-state index in [-0.39, 0.29) is 11.3 Å². The summed E-state index contributed by atoms with van der Waals surface area (Å²) in [5.74, 6) is 0.188. The van der Waals surface area contributed by atoms with Gasteiger partial charge in [-0.2, -0.15) is 4.31 Å². The third-order valence-electron chi connectivity index (χ3n) is 6.39. The molecule has 2 aromatic rings. The van der Waals surface area contributed by atoms with Crippen LogP contribution in [-0.4, -0.2) is 52.7 Å². The molecule has 138 valence electrons. The largest absolute Gasteiger partial charge is 0.493 e. The van der Waals surface area contributed by atoms with Gasteiger partial charge < -0.3 is 14.7 Å². The van der Waals surface area contributed by atoms with Crippen molar-refractivity contribution in [3.8, 4) is 0 Å². The molecule has 0 amide bonds. The van der Waals surface area contributed by atoms with Gasteiger partial charge in [0, 0.05) is 35.3 Å². The lowest BCUT2D eigenvalue weighted by Gasteiger charge is -2.50. The molecule has 1 saturated heterocycles. The Labute approximate surface area is 152 Å². The van der Waals surface area contributed by atoms with Gasteiger partial charge in [-0.1, -0.05) is 6.92 Å². The van der Waals surface area contributed by atoms with Crippen molar-refractivity contribution in [2.75, 3.05) is 12.3 Å². The number of H-pyrrole nitrogens is 1. The second-order valence-electron chi connectivity index (χ2n) is 7.83. The molecule has 2 fully saturated rings. The van der Waals surface area contributed by atoms with Crippen molar-refractivity contribution in [3.63, 3.8) is 0 Å². The first-order valence-corrected chi connectivity index (χ1v) is 10.8. The Morgan fingerprint density at radius 3 is 3.00 bits per heavy atom. The van der Waals surface area contributed by atoms with Gasteiger partial charge in [0.05, 0.1) is 11.4 Å². The van der Waals surface area contributed by atoms with Gasteiger partial charge >= 0.3 is 7.12 Å². The van der Waals surface area contributed by atoms with E-state index in [2.05, 4.69) is 9.97 Å². The average Bonchev–Trinajstić information content (AvgIpc) is 3.24. The first kappa shape index (κ1) is 16.7.